The molecule has 2 rings (SSSR count). The van der Waals surface area contributed by atoms with Crippen LogP contribution in [0.15, 0.2) is 18.5 Å². The minimum atomic E-state index is 0.0388. The van der Waals surface area contributed by atoms with E-state index in [4.69, 9.17) is 5.73 Å². The number of carbonyl (C=O) groups is 1. The molecule has 0 bridgehead atoms. The third-order valence-corrected chi connectivity index (χ3v) is 4.06. The van der Waals surface area contributed by atoms with Crippen molar-refractivity contribution in [2.75, 3.05) is 26.7 Å². The Balaban J connectivity index is 1.80. The minimum Gasteiger partial charge on any atom is -0.356 e. The van der Waals surface area contributed by atoms with Crippen LogP contribution in [0.3, 0.4) is 0 Å². The second-order valence-electron chi connectivity index (χ2n) is 5.76. The largest absolute Gasteiger partial charge is 0.356 e. The summed E-state index contributed by atoms with van der Waals surface area (Å²) in [5.74, 6) is 0.0388. The number of aryl methyl sites for hydroxylation is 1. The zero-order valence-corrected chi connectivity index (χ0v) is 12.8. The molecule has 116 valence electrons. The first-order valence-electron chi connectivity index (χ1n) is 7.81. The van der Waals surface area contributed by atoms with Gasteiger partial charge in [0.2, 0.25) is 5.91 Å². The number of nitrogens with zero attached hydrogens (tertiary/aromatic N) is 2. The minimum absolute atomic E-state index is 0.0388. The molecule has 0 spiro atoms. The van der Waals surface area contributed by atoms with Gasteiger partial charge >= 0.3 is 0 Å². The van der Waals surface area contributed by atoms with E-state index in [0.717, 1.165) is 12.8 Å². The zero-order chi connectivity index (χ0) is 15.1. The van der Waals surface area contributed by atoms with Crippen LogP contribution in [-0.4, -0.2) is 42.5 Å². The SMILES string of the molecule is CN1CCC[C@H]1c1cncc(CCCNC(=O)CCN)c1. The van der Waals surface area contributed by atoms with E-state index in [-0.39, 0.29) is 5.91 Å². The summed E-state index contributed by atoms with van der Waals surface area (Å²) in [6.45, 7) is 2.28. The van der Waals surface area contributed by atoms with Gasteiger partial charge in [-0.05, 0) is 50.4 Å². The molecule has 1 atom stereocenters. The van der Waals surface area contributed by atoms with Crippen LogP contribution in [0.1, 0.15) is 42.9 Å². The molecule has 0 radical (unpaired) electrons. The van der Waals surface area contributed by atoms with Gasteiger partial charge < -0.3 is 11.1 Å². The number of aromatic nitrogens is 1. The van der Waals surface area contributed by atoms with Crippen molar-refractivity contribution >= 4 is 5.91 Å². The van der Waals surface area contributed by atoms with Crippen molar-refractivity contribution in [3.05, 3.63) is 29.6 Å². The Bertz CT molecular complexity index is 463. The molecule has 5 nitrogen and oxygen atoms in total. The van der Waals surface area contributed by atoms with Gasteiger partial charge in [-0.25, -0.2) is 0 Å². The lowest BCUT2D eigenvalue weighted by atomic mass is 10.0. The highest BCUT2D eigenvalue weighted by molar-refractivity contribution is 5.75. The highest BCUT2D eigenvalue weighted by Crippen LogP contribution is 2.30. The van der Waals surface area contributed by atoms with Gasteiger partial charge in [0.15, 0.2) is 0 Å². The summed E-state index contributed by atoms with van der Waals surface area (Å²) in [6, 6.07) is 2.78. The second kappa shape index (κ2) is 8.10. The number of nitrogens with one attached hydrogen (secondary N) is 1. The lowest BCUT2D eigenvalue weighted by molar-refractivity contribution is -0.120. The second-order valence-corrected chi connectivity index (χ2v) is 5.76. The fourth-order valence-corrected chi connectivity index (χ4v) is 2.90. The zero-order valence-electron chi connectivity index (χ0n) is 12.8. The summed E-state index contributed by atoms with van der Waals surface area (Å²) in [6.07, 6.45) is 8.68. The molecule has 1 aromatic rings. The highest BCUT2D eigenvalue weighted by Gasteiger charge is 2.22. The van der Waals surface area contributed by atoms with Crippen LogP contribution in [0.2, 0.25) is 0 Å². The van der Waals surface area contributed by atoms with Gasteiger partial charge in [0, 0.05) is 37.9 Å². The van der Waals surface area contributed by atoms with Gasteiger partial charge in [0.1, 0.15) is 0 Å². The molecular weight excluding hydrogens is 264 g/mol. The van der Waals surface area contributed by atoms with Gasteiger partial charge in [-0.1, -0.05) is 6.07 Å². The fraction of sp³-hybridized carbons (Fsp3) is 0.625. The lowest BCUT2D eigenvalue weighted by Gasteiger charge is -2.19. The molecule has 0 aromatic carbocycles. The maximum absolute atomic E-state index is 11.3. The van der Waals surface area contributed by atoms with Crippen molar-refractivity contribution in [1.29, 1.82) is 0 Å². The van der Waals surface area contributed by atoms with E-state index in [1.165, 1.54) is 30.5 Å². The maximum atomic E-state index is 11.3. The summed E-state index contributed by atoms with van der Waals surface area (Å²) >= 11 is 0. The van der Waals surface area contributed by atoms with Crippen LogP contribution in [0.4, 0.5) is 0 Å². The average molecular weight is 290 g/mol. The molecule has 1 fully saturated rings. The summed E-state index contributed by atoms with van der Waals surface area (Å²) in [7, 11) is 2.18. The molecule has 5 heteroatoms. The van der Waals surface area contributed by atoms with Crippen LogP contribution in [0.5, 0.6) is 0 Å². The first kappa shape index (κ1) is 15.9. The van der Waals surface area contributed by atoms with E-state index in [0.29, 0.717) is 25.6 Å². The summed E-state index contributed by atoms with van der Waals surface area (Å²) < 4.78 is 0. The van der Waals surface area contributed by atoms with Crippen LogP contribution in [0.25, 0.3) is 0 Å². The van der Waals surface area contributed by atoms with E-state index in [1.54, 1.807) is 0 Å². The van der Waals surface area contributed by atoms with Crippen molar-refractivity contribution in [1.82, 2.24) is 15.2 Å². The molecule has 0 aliphatic carbocycles. The Morgan fingerprint density at radius 2 is 2.38 bits per heavy atom. The summed E-state index contributed by atoms with van der Waals surface area (Å²) in [4.78, 5) is 18.1. The van der Waals surface area contributed by atoms with E-state index < -0.39 is 0 Å². The highest BCUT2D eigenvalue weighted by atomic mass is 16.1. The van der Waals surface area contributed by atoms with Crippen molar-refractivity contribution in [2.45, 2.75) is 38.1 Å². The topological polar surface area (TPSA) is 71.2 Å². The summed E-state index contributed by atoms with van der Waals surface area (Å²) in [5, 5.41) is 2.88. The van der Waals surface area contributed by atoms with Crippen molar-refractivity contribution in [3.63, 3.8) is 0 Å². The molecule has 0 saturated carbocycles. The Hall–Kier alpha value is -1.46. The van der Waals surface area contributed by atoms with Gasteiger partial charge in [0.05, 0.1) is 0 Å². The van der Waals surface area contributed by atoms with Crippen molar-refractivity contribution in [2.24, 2.45) is 5.73 Å². The number of amides is 1. The van der Waals surface area contributed by atoms with Gasteiger partial charge in [0.25, 0.3) is 0 Å². The number of hydrogen-bond acceptors (Lipinski definition) is 4. The van der Waals surface area contributed by atoms with E-state index in [1.807, 2.05) is 12.4 Å². The number of nitrogens with two attached hydrogens (primary N) is 1. The third kappa shape index (κ3) is 4.79. The molecule has 1 aliphatic rings. The predicted molar refractivity (Wildman–Crippen MR) is 83.8 cm³/mol. The Labute approximate surface area is 126 Å². The van der Waals surface area contributed by atoms with E-state index in [9.17, 15) is 4.79 Å². The molecule has 1 amide bonds. The maximum Gasteiger partial charge on any atom is 0.221 e. The van der Waals surface area contributed by atoms with Crippen LogP contribution >= 0.6 is 0 Å². The Morgan fingerprint density at radius 1 is 1.52 bits per heavy atom. The van der Waals surface area contributed by atoms with E-state index >= 15 is 0 Å². The molecule has 1 saturated heterocycles. The van der Waals surface area contributed by atoms with Crippen LogP contribution < -0.4 is 11.1 Å². The molecule has 0 unspecified atom stereocenters. The molecule has 3 N–H and O–H groups in total. The lowest BCUT2D eigenvalue weighted by Crippen LogP contribution is -2.26. The molecule has 1 aliphatic heterocycles. The molecule has 2 heterocycles. The van der Waals surface area contributed by atoms with Gasteiger partial charge in [-0.15, -0.1) is 0 Å². The molecular formula is C16H26N4O. The monoisotopic (exact) mass is 290 g/mol. The normalized spacial score (nSPS) is 18.9. The Morgan fingerprint density at radius 3 is 3.10 bits per heavy atom. The first-order chi connectivity index (χ1) is 10.2. The third-order valence-electron chi connectivity index (χ3n) is 4.06. The standard InChI is InChI=1S/C16H26N4O/c1-20-9-3-5-15(20)14-10-13(11-18-12-14)4-2-8-19-16(21)6-7-17/h10-12,15H,2-9,17H2,1H3,(H,19,21)/t15-/m0/s1. The van der Waals surface area contributed by atoms with E-state index in [2.05, 4.69) is 28.3 Å². The van der Waals surface area contributed by atoms with Crippen molar-refractivity contribution in [3.8, 4) is 0 Å². The summed E-state index contributed by atoms with van der Waals surface area (Å²) in [5.41, 5.74) is 7.91. The molecule has 1 aromatic heterocycles. The first-order valence-corrected chi connectivity index (χ1v) is 7.81. The van der Waals surface area contributed by atoms with Gasteiger partial charge in [-0.2, -0.15) is 0 Å². The van der Waals surface area contributed by atoms with Crippen LogP contribution in [-0.2, 0) is 11.2 Å². The van der Waals surface area contributed by atoms with Crippen molar-refractivity contribution < 1.29 is 4.79 Å². The number of pyridine rings is 1. The van der Waals surface area contributed by atoms with Crippen LogP contribution in [0, 0.1) is 0 Å². The van der Waals surface area contributed by atoms with Gasteiger partial charge in [-0.3, -0.25) is 14.7 Å². The smallest absolute Gasteiger partial charge is 0.221 e. The predicted octanol–water partition coefficient (Wildman–Crippen LogP) is 1.25. The average Bonchev–Trinajstić information content (AvgIpc) is 2.90. The Kier molecular flexibility index (Phi) is 6.14. The number of hydrogen-bond donors (Lipinski definition) is 2. The number of carbonyl (C=O) groups excluding carboxylic acids is 1. The molecule has 21 heavy (non-hydrogen) atoms. The number of rotatable bonds is 7. The number of likely N-dealkylation sites (tertiary alicyclic amines) is 1. The fourth-order valence-electron chi connectivity index (χ4n) is 2.90. The quantitative estimate of drug-likeness (QED) is 0.741.